The van der Waals surface area contributed by atoms with E-state index >= 15 is 0 Å². The minimum absolute atomic E-state index is 0.301. The maximum atomic E-state index is 12.3. The lowest BCUT2D eigenvalue weighted by Gasteiger charge is -2.26. The predicted molar refractivity (Wildman–Crippen MR) is 74.0 cm³/mol. The molecule has 2 rings (SSSR count). The Morgan fingerprint density at radius 3 is 2.39 bits per heavy atom. The topological polar surface area (TPSA) is 49.4 Å². The largest absolute Gasteiger partial charge is 0.316 e. The molecule has 0 bridgehead atoms. The normalized spacial score (nSPS) is 26.9. The summed E-state index contributed by atoms with van der Waals surface area (Å²) in [6.07, 6.45) is 7.09. The molecule has 18 heavy (non-hydrogen) atoms. The minimum Gasteiger partial charge on any atom is -0.316 e. The summed E-state index contributed by atoms with van der Waals surface area (Å²) in [5.74, 6) is 1.22. The van der Waals surface area contributed by atoms with Gasteiger partial charge in [0.05, 0.1) is 5.75 Å². The van der Waals surface area contributed by atoms with Crippen molar-refractivity contribution in [2.45, 2.75) is 38.5 Å². The summed E-state index contributed by atoms with van der Waals surface area (Å²) >= 11 is 0. The molecule has 2 fully saturated rings. The maximum absolute atomic E-state index is 12.3. The third-order valence-electron chi connectivity index (χ3n) is 4.31. The van der Waals surface area contributed by atoms with E-state index in [1.54, 1.807) is 11.4 Å². The third-order valence-corrected chi connectivity index (χ3v) is 6.30. The fourth-order valence-electron chi connectivity index (χ4n) is 3.16. The third kappa shape index (κ3) is 3.93. The number of piperidine rings is 1. The molecule has 0 aromatic rings. The van der Waals surface area contributed by atoms with Gasteiger partial charge in [-0.3, -0.25) is 0 Å². The van der Waals surface area contributed by atoms with Gasteiger partial charge in [0.2, 0.25) is 10.0 Å². The van der Waals surface area contributed by atoms with Crippen LogP contribution >= 0.6 is 0 Å². The lowest BCUT2D eigenvalue weighted by molar-refractivity contribution is 0.368. The van der Waals surface area contributed by atoms with E-state index in [-0.39, 0.29) is 0 Å². The molecule has 1 aliphatic carbocycles. The zero-order valence-corrected chi connectivity index (χ0v) is 12.2. The molecule has 1 aliphatic heterocycles. The van der Waals surface area contributed by atoms with Crippen molar-refractivity contribution in [3.8, 4) is 0 Å². The van der Waals surface area contributed by atoms with Crippen LogP contribution in [0.25, 0.3) is 0 Å². The van der Waals surface area contributed by atoms with Crippen LogP contribution in [0.15, 0.2) is 0 Å². The molecule has 0 radical (unpaired) electrons. The minimum atomic E-state index is -3.05. The van der Waals surface area contributed by atoms with E-state index in [9.17, 15) is 8.42 Å². The highest BCUT2D eigenvalue weighted by molar-refractivity contribution is 7.89. The number of hydrogen-bond acceptors (Lipinski definition) is 3. The molecule has 1 atom stereocenters. The number of nitrogens with zero attached hydrogens (tertiary/aromatic N) is 1. The van der Waals surface area contributed by atoms with Crippen molar-refractivity contribution in [1.82, 2.24) is 9.62 Å². The summed E-state index contributed by atoms with van der Waals surface area (Å²) in [5, 5.41) is 3.29. The molecule has 1 saturated carbocycles. The SMILES string of the molecule is CN(CC1CCCC1)S(=O)(=O)CC1CCCNC1. The zero-order valence-electron chi connectivity index (χ0n) is 11.4. The van der Waals surface area contributed by atoms with Gasteiger partial charge in [-0.15, -0.1) is 0 Å². The van der Waals surface area contributed by atoms with E-state index in [0.29, 0.717) is 17.6 Å². The van der Waals surface area contributed by atoms with Gasteiger partial charge in [0.15, 0.2) is 0 Å². The molecule has 1 unspecified atom stereocenters. The van der Waals surface area contributed by atoms with Crippen LogP contribution in [0.3, 0.4) is 0 Å². The van der Waals surface area contributed by atoms with E-state index < -0.39 is 10.0 Å². The monoisotopic (exact) mass is 274 g/mol. The first kappa shape index (κ1) is 14.3. The summed E-state index contributed by atoms with van der Waals surface area (Å²) in [7, 11) is -1.30. The van der Waals surface area contributed by atoms with Crippen LogP contribution in [0.5, 0.6) is 0 Å². The van der Waals surface area contributed by atoms with Crippen molar-refractivity contribution >= 4 is 10.0 Å². The van der Waals surface area contributed by atoms with Gasteiger partial charge >= 0.3 is 0 Å². The maximum Gasteiger partial charge on any atom is 0.214 e. The lowest BCUT2D eigenvalue weighted by Crippen LogP contribution is -2.39. The fraction of sp³-hybridized carbons (Fsp3) is 1.00. The van der Waals surface area contributed by atoms with Crippen molar-refractivity contribution in [2.75, 3.05) is 32.4 Å². The van der Waals surface area contributed by atoms with Gasteiger partial charge in [-0.25, -0.2) is 12.7 Å². The van der Waals surface area contributed by atoms with Crippen LogP contribution in [0.4, 0.5) is 0 Å². The van der Waals surface area contributed by atoms with E-state index in [2.05, 4.69) is 5.32 Å². The summed E-state index contributed by atoms with van der Waals surface area (Å²) in [6, 6.07) is 0. The van der Waals surface area contributed by atoms with Crippen LogP contribution in [-0.2, 0) is 10.0 Å². The van der Waals surface area contributed by atoms with Gasteiger partial charge in [0.25, 0.3) is 0 Å². The van der Waals surface area contributed by atoms with Crippen molar-refractivity contribution in [2.24, 2.45) is 11.8 Å². The van der Waals surface area contributed by atoms with E-state index in [1.807, 2.05) is 0 Å². The zero-order chi connectivity index (χ0) is 13.0. The number of hydrogen-bond donors (Lipinski definition) is 1. The van der Waals surface area contributed by atoms with E-state index in [4.69, 9.17) is 0 Å². The van der Waals surface area contributed by atoms with Crippen LogP contribution in [0, 0.1) is 11.8 Å². The molecule has 2 aliphatic rings. The van der Waals surface area contributed by atoms with Crippen molar-refractivity contribution in [3.05, 3.63) is 0 Å². The second-order valence-corrected chi connectivity index (χ2v) is 8.04. The van der Waals surface area contributed by atoms with E-state index in [1.165, 1.54) is 25.7 Å². The van der Waals surface area contributed by atoms with Crippen molar-refractivity contribution in [1.29, 1.82) is 0 Å². The molecule has 106 valence electrons. The Labute approximate surface area is 111 Å². The molecule has 4 nitrogen and oxygen atoms in total. The number of nitrogens with one attached hydrogen (secondary N) is 1. The molecule has 1 saturated heterocycles. The average molecular weight is 274 g/mol. The Morgan fingerprint density at radius 2 is 1.78 bits per heavy atom. The van der Waals surface area contributed by atoms with Crippen molar-refractivity contribution in [3.63, 3.8) is 0 Å². The van der Waals surface area contributed by atoms with Gasteiger partial charge < -0.3 is 5.32 Å². The standard InChI is InChI=1S/C13H26N2O2S/c1-15(10-12-5-2-3-6-12)18(16,17)11-13-7-4-8-14-9-13/h12-14H,2-11H2,1H3. The molecule has 0 amide bonds. The Morgan fingerprint density at radius 1 is 1.11 bits per heavy atom. The van der Waals surface area contributed by atoms with Crippen LogP contribution in [0.1, 0.15) is 38.5 Å². The first-order valence-electron chi connectivity index (χ1n) is 7.22. The highest BCUT2D eigenvalue weighted by Crippen LogP contribution is 2.26. The highest BCUT2D eigenvalue weighted by atomic mass is 32.2. The predicted octanol–water partition coefficient (Wildman–Crippen LogP) is 1.44. The molecule has 1 heterocycles. The molecule has 0 aromatic carbocycles. The van der Waals surface area contributed by atoms with Crippen LogP contribution < -0.4 is 5.32 Å². The van der Waals surface area contributed by atoms with Gasteiger partial charge in [-0.05, 0) is 50.6 Å². The number of sulfonamides is 1. The molecular weight excluding hydrogens is 248 g/mol. The molecule has 5 heteroatoms. The Hall–Kier alpha value is -0.130. The van der Waals surface area contributed by atoms with Gasteiger partial charge in [0, 0.05) is 13.6 Å². The summed E-state index contributed by atoms with van der Waals surface area (Å²) < 4.78 is 26.2. The van der Waals surface area contributed by atoms with Crippen LogP contribution in [0.2, 0.25) is 0 Å². The second kappa shape index (κ2) is 6.35. The molecule has 0 aromatic heterocycles. The highest BCUT2D eigenvalue weighted by Gasteiger charge is 2.27. The van der Waals surface area contributed by atoms with Gasteiger partial charge in [0.1, 0.15) is 0 Å². The van der Waals surface area contributed by atoms with E-state index in [0.717, 1.165) is 32.5 Å². The fourth-order valence-corrected chi connectivity index (χ4v) is 4.73. The smallest absolute Gasteiger partial charge is 0.214 e. The van der Waals surface area contributed by atoms with Gasteiger partial charge in [-0.2, -0.15) is 0 Å². The molecular formula is C13H26N2O2S. The quantitative estimate of drug-likeness (QED) is 0.825. The summed E-state index contributed by atoms with van der Waals surface area (Å²) in [5.41, 5.74) is 0. The first-order chi connectivity index (χ1) is 8.58. The van der Waals surface area contributed by atoms with Gasteiger partial charge in [-0.1, -0.05) is 12.8 Å². The molecule has 0 spiro atoms. The average Bonchev–Trinajstić information content (AvgIpc) is 2.82. The van der Waals surface area contributed by atoms with Crippen LogP contribution in [-0.4, -0.2) is 45.2 Å². The first-order valence-corrected chi connectivity index (χ1v) is 8.83. The summed E-state index contributed by atoms with van der Waals surface area (Å²) in [6.45, 7) is 2.62. The molecule has 1 N–H and O–H groups in total. The second-order valence-electron chi connectivity index (χ2n) is 5.92. The number of rotatable bonds is 5. The van der Waals surface area contributed by atoms with Crippen molar-refractivity contribution < 1.29 is 8.42 Å². The summed E-state index contributed by atoms with van der Waals surface area (Å²) in [4.78, 5) is 0. The lowest BCUT2D eigenvalue weighted by atomic mass is 10.0. The Kier molecular flexibility index (Phi) is 5.04. The Balaban J connectivity index is 1.83. The Bertz CT molecular complexity index is 344.